The highest BCUT2D eigenvalue weighted by atomic mass is 28.4. The first-order valence-electron chi connectivity index (χ1n) is 11.2. The van der Waals surface area contributed by atoms with E-state index in [0.717, 1.165) is 12.8 Å². The average molecular weight is 453 g/mol. The molecule has 0 aromatic carbocycles. The van der Waals surface area contributed by atoms with Crippen LogP contribution in [0.3, 0.4) is 0 Å². The first-order valence-corrected chi connectivity index (χ1v) is 14.1. The van der Waals surface area contributed by atoms with E-state index in [2.05, 4.69) is 40.8 Å². The zero-order valence-corrected chi connectivity index (χ0v) is 20.5. The maximum Gasteiger partial charge on any atom is 0.411 e. The molecule has 0 N–H and O–H groups in total. The van der Waals surface area contributed by atoms with Crippen molar-refractivity contribution in [2.24, 2.45) is 11.3 Å². The van der Waals surface area contributed by atoms with Gasteiger partial charge in [0.2, 0.25) is 0 Å². The van der Waals surface area contributed by atoms with Crippen LogP contribution in [0, 0.1) is 11.3 Å². The molecule has 1 unspecified atom stereocenters. The molecule has 1 saturated heterocycles. The van der Waals surface area contributed by atoms with Gasteiger partial charge in [0.05, 0.1) is 23.9 Å². The zero-order valence-electron chi connectivity index (χ0n) is 19.5. The lowest BCUT2D eigenvalue weighted by atomic mass is 9.66. The van der Waals surface area contributed by atoms with Crippen LogP contribution in [-0.2, 0) is 18.6 Å². The van der Waals surface area contributed by atoms with E-state index in [9.17, 15) is 13.2 Å². The zero-order chi connectivity index (χ0) is 22.6. The largest absolute Gasteiger partial charge is 0.411 e. The van der Waals surface area contributed by atoms with Crippen molar-refractivity contribution in [1.82, 2.24) is 0 Å². The van der Waals surface area contributed by atoms with Gasteiger partial charge in [-0.3, -0.25) is 0 Å². The minimum atomic E-state index is -4.29. The van der Waals surface area contributed by atoms with Crippen LogP contribution in [0.4, 0.5) is 13.2 Å². The molecule has 0 bridgehead atoms. The fourth-order valence-corrected chi connectivity index (χ4v) is 6.57. The van der Waals surface area contributed by atoms with Gasteiger partial charge in [0.1, 0.15) is 6.61 Å². The summed E-state index contributed by atoms with van der Waals surface area (Å²) in [7, 11) is -0.195. The van der Waals surface area contributed by atoms with E-state index in [4.69, 9.17) is 18.6 Å². The Labute approximate surface area is 180 Å². The molecule has 3 fully saturated rings. The summed E-state index contributed by atoms with van der Waals surface area (Å²) in [5.74, 6) is 0.200. The molecule has 3 aliphatic rings. The molecular weight excluding hydrogens is 413 g/mol. The Hall–Kier alpha value is -0.153. The molecule has 8 heteroatoms. The Morgan fingerprint density at radius 3 is 2.23 bits per heavy atom. The normalized spacial score (nSPS) is 36.2. The highest BCUT2D eigenvalue weighted by Crippen LogP contribution is 2.67. The maximum atomic E-state index is 12.3. The summed E-state index contributed by atoms with van der Waals surface area (Å²) >= 11 is 0. The Kier molecular flexibility index (Phi) is 6.54. The molecule has 0 radical (unpaired) electrons. The van der Waals surface area contributed by atoms with Crippen LogP contribution in [0.2, 0.25) is 18.1 Å². The second-order valence-corrected chi connectivity index (χ2v) is 16.0. The SMILES string of the molecule is CO[C@@H]1C(O[Si](C)(C)C(C)(C)C)CCC2(CC2)[C@H]1[C@@]1(C)O[C@@H]1CCOCC(F)(F)F. The molecule has 1 heterocycles. The smallest absolute Gasteiger partial charge is 0.411 e. The molecule has 5 atom stereocenters. The number of alkyl halides is 3. The first kappa shape index (κ1) is 24.5. The van der Waals surface area contributed by atoms with Gasteiger partial charge in [-0.25, -0.2) is 0 Å². The van der Waals surface area contributed by atoms with Gasteiger partial charge in [0.25, 0.3) is 0 Å². The summed E-state index contributed by atoms with van der Waals surface area (Å²) in [6, 6.07) is 0. The molecule has 176 valence electrons. The van der Waals surface area contributed by atoms with E-state index < -0.39 is 21.1 Å². The van der Waals surface area contributed by atoms with E-state index in [1.807, 2.05) is 0 Å². The third-order valence-electron chi connectivity index (χ3n) is 8.08. The number of methoxy groups -OCH3 is 1. The van der Waals surface area contributed by atoms with Crippen LogP contribution in [-0.4, -0.2) is 58.7 Å². The number of ether oxygens (including phenoxy) is 3. The predicted molar refractivity (Wildman–Crippen MR) is 112 cm³/mol. The number of rotatable bonds is 8. The second kappa shape index (κ2) is 8.01. The molecule has 0 amide bonds. The first-order chi connectivity index (χ1) is 13.7. The second-order valence-electron chi connectivity index (χ2n) is 11.2. The summed E-state index contributed by atoms with van der Waals surface area (Å²) in [4.78, 5) is 0. The Morgan fingerprint density at radius 1 is 1.10 bits per heavy atom. The minimum Gasteiger partial charge on any atom is -0.411 e. The summed E-state index contributed by atoms with van der Waals surface area (Å²) < 4.78 is 60.8. The van der Waals surface area contributed by atoms with Crippen molar-refractivity contribution in [3.63, 3.8) is 0 Å². The fourth-order valence-electron chi connectivity index (χ4n) is 5.21. The lowest BCUT2D eigenvalue weighted by molar-refractivity contribution is -0.174. The highest BCUT2D eigenvalue weighted by Gasteiger charge is 2.70. The molecule has 2 aliphatic carbocycles. The van der Waals surface area contributed by atoms with Gasteiger partial charge in [-0.15, -0.1) is 0 Å². The van der Waals surface area contributed by atoms with E-state index >= 15 is 0 Å². The standard InChI is InChI=1S/C22H39F3O4Si/c1-19(2,3)30(6,7)29-15-8-10-21(11-12-21)18(17(15)26-5)20(4)16(28-20)9-13-27-14-22(23,24)25/h15-18H,8-14H2,1-7H3/t15?,16-,17-,18-,20+/m1/s1. The Morgan fingerprint density at radius 2 is 1.73 bits per heavy atom. The van der Waals surface area contributed by atoms with Gasteiger partial charge < -0.3 is 18.6 Å². The minimum absolute atomic E-state index is 0.0373. The molecule has 0 aromatic rings. The van der Waals surface area contributed by atoms with Crippen molar-refractivity contribution in [2.45, 2.75) is 108 Å². The molecule has 0 aromatic heterocycles. The van der Waals surface area contributed by atoms with Gasteiger partial charge in [0.15, 0.2) is 8.32 Å². The number of hydrogen-bond acceptors (Lipinski definition) is 4. The van der Waals surface area contributed by atoms with E-state index in [-0.39, 0.29) is 46.9 Å². The van der Waals surface area contributed by atoms with Crippen molar-refractivity contribution < 1.29 is 31.8 Å². The molecule has 1 spiro atoms. The van der Waals surface area contributed by atoms with Crippen molar-refractivity contribution in [2.75, 3.05) is 20.3 Å². The van der Waals surface area contributed by atoms with Gasteiger partial charge >= 0.3 is 6.18 Å². The Balaban J connectivity index is 1.68. The molecule has 1 aliphatic heterocycles. The summed E-state index contributed by atoms with van der Waals surface area (Å²) in [6.45, 7) is 12.2. The van der Waals surface area contributed by atoms with Crippen LogP contribution < -0.4 is 0 Å². The molecular formula is C22H39F3O4Si. The van der Waals surface area contributed by atoms with Gasteiger partial charge in [-0.05, 0) is 62.6 Å². The van der Waals surface area contributed by atoms with E-state index in [1.54, 1.807) is 7.11 Å². The lowest BCUT2D eigenvalue weighted by Crippen LogP contribution is -2.56. The van der Waals surface area contributed by atoms with E-state index in [0.29, 0.717) is 6.42 Å². The Bertz CT molecular complexity index is 614. The van der Waals surface area contributed by atoms with Gasteiger partial charge in [-0.1, -0.05) is 20.8 Å². The predicted octanol–water partition coefficient (Wildman–Crippen LogP) is 5.71. The summed E-state index contributed by atoms with van der Waals surface area (Å²) in [5, 5.41) is 0.119. The highest BCUT2D eigenvalue weighted by molar-refractivity contribution is 6.74. The number of epoxide rings is 1. The van der Waals surface area contributed by atoms with Crippen molar-refractivity contribution in [1.29, 1.82) is 0 Å². The molecule has 2 saturated carbocycles. The van der Waals surface area contributed by atoms with Gasteiger partial charge in [0, 0.05) is 19.6 Å². The maximum absolute atomic E-state index is 12.3. The average Bonchev–Trinajstić information content (AvgIpc) is 3.49. The molecule has 4 nitrogen and oxygen atoms in total. The topological polar surface area (TPSA) is 40.2 Å². The van der Waals surface area contributed by atoms with Crippen molar-refractivity contribution >= 4 is 8.32 Å². The van der Waals surface area contributed by atoms with Crippen molar-refractivity contribution in [3.8, 4) is 0 Å². The van der Waals surface area contributed by atoms with Crippen LogP contribution in [0.25, 0.3) is 0 Å². The van der Waals surface area contributed by atoms with Crippen LogP contribution in [0.5, 0.6) is 0 Å². The molecule has 30 heavy (non-hydrogen) atoms. The summed E-state index contributed by atoms with van der Waals surface area (Å²) in [5.41, 5.74) is -0.154. The van der Waals surface area contributed by atoms with Gasteiger partial charge in [-0.2, -0.15) is 13.2 Å². The van der Waals surface area contributed by atoms with E-state index in [1.165, 1.54) is 12.8 Å². The monoisotopic (exact) mass is 452 g/mol. The third kappa shape index (κ3) is 4.92. The fraction of sp³-hybridized carbons (Fsp3) is 1.00. The van der Waals surface area contributed by atoms with Crippen LogP contribution >= 0.6 is 0 Å². The molecule has 3 rings (SSSR count). The van der Waals surface area contributed by atoms with Crippen LogP contribution in [0.1, 0.15) is 59.8 Å². The lowest BCUT2D eigenvalue weighted by Gasteiger charge is -2.49. The summed E-state index contributed by atoms with van der Waals surface area (Å²) in [6.07, 6.45) is 0.522. The number of halogens is 3. The quantitative estimate of drug-likeness (QED) is 0.269. The third-order valence-corrected chi connectivity index (χ3v) is 12.6. The number of hydrogen-bond donors (Lipinski definition) is 0. The van der Waals surface area contributed by atoms with Crippen molar-refractivity contribution in [3.05, 3.63) is 0 Å². The van der Waals surface area contributed by atoms with Crippen LogP contribution in [0.15, 0.2) is 0 Å².